The van der Waals surface area contributed by atoms with Crippen molar-refractivity contribution in [3.63, 3.8) is 0 Å². The molecule has 4 rings (SSSR count). The molecule has 1 aromatic heterocycles. The SMILES string of the molecule is C[C@H](Oc1cccc(-n2cnnn2)c1)C(=O)Nc1ccccc1-c1ccccc1. The third kappa shape index (κ3) is 4.30. The number of hydrogen-bond donors (Lipinski definition) is 1. The molecule has 0 aliphatic heterocycles. The van der Waals surface area contributed by atoms with Crippen LogP contribution in [-0.2, 0) is 4.79 Å². The summed E-state index contributed by atoms with van der Waals surface area (Å²) in [5.41, 5.74) is 3.47. The molecule has 0 radical (unpaired) electrons. The molecule has 29 heavy (non-hydrogen) atoms. The fourth-order valence-corrected chi connectivity index (χ4v) is 2.93. The number of amides is 1. The number of aromatic nitrogens is 4. The van der Waals surface area contributed by atoms with Gasteiger partial charge in [-0.15, -0.1) is 5.10 Å². The molecule has 7 heteroatoms. The van der Waals surface area contributed by atoms with E-state index in [0.717, 1.165) is 22.5 Å². The summed E-state index contributed by atoms with van der Waals surface area (Å²) >= 11 is 0. The molecule has 1 heterocycles. The first-order valence-corrected chi connectivity index (χ1v) is 9.16. The Bertz CT molecular complexity index is 1100. The van der Waals surface area contributed by atoms with Gasteiger partial charge in [-0.1, -0.05) is 54.6 Å². The maximum atomic E-state index is 12.7. The van der Waals surface area contributed by atoms with Crippen LogP contribution in [0.15, 0.2) is 85.2 Å². The Balaban J connectivity index is 1.48. The third-order valence-corrected chi connectivity index (χ3v) is 4.38. The van der Waals surface area contributed by atoms with Crippen LogP contribution < -0.4 is 10.1 Å². The molecule has 7 nitrogen and oxygen atoms in total. The number of benzene rings is 3. The number of nitrogens with one attached hydrogen (secondary N) is 1. The summed E-state index contributed by atoms with van der Waals surface area (Å²) in [6, 6.07) is 24.9. The van der Waals surface area contributed by atoms with E-state index in [1.807, 2.05) is 66.7 Å². The van der Waals surface area contributed by atoms with Gasteiger partial charge in [0, 0.05) is 17.3 Å². The predicted molar refractivity (Wildman–Crippen MR) is 110 cm³/mol. The number of para-hydroxylation sites is 1. The average Bonchev–Trinajstić information content (AvgIpc) is 3.30. The molecular weight excluding hydrogens is 366 g/mol. The Morgan fingerprint density at radius 2 is 1.79 bits per heavy atom. The Labute approximate surface area is 168 Å². The standard InChI is InChI=1S/C22H19N5O2/c1-16(29-19-11-7-10-18(14-19)27-15-23-25-26-27)22(28)24-21-13-6-5-12-20(21)17-8-3-2-4-9-17/h2-16H,1H3,(H,24,28)/t16-/m0/s1. The lowest BCUT2D eigenvalue weighted by atomic mass is 10.0. The van der Waals surface area contributed by atoms with Gasteiger partial charge in [-0.25, -0.2) is 4.68 Å². The second kappa shape index (κ2) is 8.35. The molecule has 3 aromatic carbocycles. The van der Waals surface area contributed by atoms with Gasteiger partial charge in [0.15, 0.2) is 6.10 Å². The molecule has 144 valence electrons. The van der Waals surface area contributed by atoms with E-state index in [1.165, 1.54) is 11.0 Å². The van der Waals surface area contributed by atoms with Gasteiger partial charge < -0.3 is 10.1 Å². The highest BCUT2D eigenvalue weighted by atomic mass is 16.5. The number of anilines is 1. The zero-order valence-electron chi connectivity index (χ0n) is 15.8. The normalized spacial score (nSPS) is 11.6. The summed E-state index contributed by atoms with van der Waals surface area (Å²) in [5.74, 6) is 0.318. The molecule has 0 unspecified atom stereocenters. The van der Waals surface area contributed by atoms with Crippen LogP contribution in [0, 0.1) is 0 Å². The monoisotopic (exact) mass is 385 g/mol. The van der Waals surface area contributed by atoms with Crippen LogP contribution in [0.4, 0.5) is 5.69 Å². The van der Waals surface area contributed by atoms with Crippen molar-refractivity contribution in [2.45, 2.75) is 13.0 Å². The number of nitrogens with zero attached hydrogens (tertiary/aromatic N) is 4. The van der Waals surface area contributed by atoms with Crippen molar-refractivity contribution in [2.24, 2.45) is 0 Å². The quantitative estimate of drug-likeness (QED) is 0.547. The molecule has 0 aliphatic carbocycles. The summed E-state index contributed by atoms with van der Waals surface area (Å²) in [7, 11) is 0. The fraction of sp³-hybridized carbons (Fsp3) is 0.0909. The fourth-order valence-electron chi connectivity index (χ4n) is 2.93. The first-order valence-electron chi connectivity index (χ1n) is 9.16. The second-order valence-electron chi connectivity index (χ2n) is 6.41. The van der Waals surface area contributed by atoms with Crippen molar-refractivity contribution in [1.29, 1.82) is 0 Å². The molecule has 0 bridgehead atoms. The highest BCUT2D eigenvalue weighted by molar-refractivity contribution is 5.98. The smallest absolute Gasteiger partial charge is 0.265 e. The molecule has 1 atom stereocenters. The van der Waals surface area contributed by atoms with Gasteiger partial charge in [0.2, 0.25) is 0 Å². The third-order valence-electron chi connectivity index (χ3n) is 4.38. The number of carbonyl (C=O) groups excluding carboxylic acids is 1. The summed E-state index contributed by atoms with van der Waals surface area (Å²) in [5, 5.41) is 14.1. The summed E-state index contributed by atoms with van der Waals surface area (Å²) < 4.78 is 7.36. The van der Waals surface area contributed by atoms with Crippen LogP contribution in [0.1, 0.15) is 6.92 Å². The maximum Gasteiger partial charge on any atom is 0.265 e. The highest BCUT2D eigenvalue weighted by Crippen LogP contribution is 2.28. The topological polar surface area (TPSA) is 81.9 Å². The van der Waals surface area contributed by atoms with Gasteiger partial charge in [-0.05, 0) is 41.1 Å². The molecule has 0 aliphatic rings. The van der Waals surface area contributed by atoms with Gasteiger partial charge in [0.05, 0.1) is 5.69 Å². The van der Waals surface area contributed by atoms with Gasteiger partial charge in [0.25, 0.3) is 5.91 Å². The van der Waals surface area contributed by atoms with Crippen LogP contribution in [0.2, 0.25) is 0 Å². The van der Waals surface area contributed by atoms with Crippen molar-refractivity contribution in [3.05, 3.63) is 85.2 Å². The first kappa shape index (κ1) is 18.4. The minimum atomic E-state index is -0.692. The van der Waals surface area contributed by atoms with E-state index in [2.05, 4.69) is 20.8 Å². The summed E-state index contributed by atoms with van der Waals surface area (Å²) in [6.45, 7) is 1.71. The summed E-state index contributed by atoms with van der Waals surface area (Å²) in [4.78, 5) is 12.7. The van der Waals surface area contributed by atoms with E-state index < -0.39 is 6.10 Å². The van der Waals surface area contributed by atoms with E-state index in [0.29, 0.717) is 5.75 Å². The zero-order valence-corrected chi connectivity index (χ0v) is 15.8. The largest absolute Gasteiger partial charge is 0.481 e. The zero-order chi connectivity index (χ0) is 20.1. The van der Waals surface area contributed by atoms with Crippen LogP contribution >= 0.6 is 0 Å². The van der Waals surface area contributed by atoms with Gasteiger partial charge in [-0.3, -0.25) is 4.79 Å². The number of tetrazole rings is 1. The summed E-state index contributed by atoms with van der Waals surface area (Å²) in [6.07, 6.45) is 0.804. The minimum absolute atomic E-state index is 0.235. The van der Waals surface area contributed by atoms with Crippen molar-refractivity contribution in [2.75, 3.05) is 5.32 Å². The van der Waals surface area contributed by atoms with Crippen molar-refractivity contribution < 1.29 is 9.53 Å². The number of ether oxygens (including phenoxy) is 1. The van der Waals surface area contributed by atoms with Crippen molar-refractivity contribution in [3.8, 4) is 22.6 Å². The van der Waals surface area contributed by atoms with E-state index >= 15 is 0 Å². The van der Waals surface area contributed by atoms with E-state index in [9.17, 15) is 4.79 Å². The Morgan fingerprint density at radius 3 is 2.59 bits per heavy atom. The molecule has 0 saturated carbocycles. The minimum Gasteiger partial charge on any atom is -0.481 e. The lowest BCUT2D eigenvalue weighted by Gasteiger charge is -2.17. The van der Waals surface area contributed by atoms with Crippen LogP contribution in [0.25, 0.3) is 16.8 Å². The Morgan fingerprint density at radius 1 is 1.00 bits per heavy atom. The van der Waals surface area contributed by atoms with Crippen LogP contribution in [-0.4, -0.2) is 32.2 Å². The second-order valence-corrected chi connectivity index (χ2v) is 6.41. The lowest BCUT2D eigenvalue weighted by molar-refractivity contribution is -0.122. The lowest BCUT2D eigenvalue weighted by Crippen LogP contribution is -2.30. The van der Waals surface area contributed by atoms with Crippen LogP contribution in [0.5, 0.6) is 5.75 Å². The van der Waals surface area contributed by atoms with Crippen LogP contribution in [0.3, 0.4) is 0 Å². The van der Waals surface area contributed by atoms with Gasteiger partial charge in [-0.2, -0.15) is 0 Å². The number of hydrogen-bond acceptors (Lipinski definition) is 5. The van der Waals surface area contributed by atoms with Crippen molar-refractivity contribution in [1.82, 2.24) is 20.2 Å². The molecule has 0 saturated heterocycles. The Hall–Kier alpha value is -4.00. The highest BCUT2D eigenvalue weighted by Gasteiger charge is 2.17. The molecule has 0 spiro atoms. The van der Waals surface area contributed by atoms with E-state index in [-0.39, 0.29) is 5.91 Å². The van der Waals surface area contributed by atoms with Crippen molar-refractivity contribution >= 4 is 11.6 Å². The predicted octanol–water partition coefficient (Wildman–Crippen LogP) is 3.74. The number of rotatable bonds is 6. The number of carbonyl (C=O) groups is 1. The van der Waals surface area contributed by atoms with Gasteiger partial charge in [0.1, 0.15) is 12.1 Å². The molecular formula is C22H19N5O2. The maximum absolute atomic E-state index is 12.7. The Kier molecular flexibility index (Phi) is 5.29. The van der Waals surface area contributed by atoms with E-state index in [1.54, 1.807) is 19.1 Å². The molecule has 1 amide bonds. The van der Waals surface area contributed by atoms with E-state index in [4.69, 9.17) is 4.74 Å². The molecule has 1 N–H and O–H groups in total. The first-order chi connectivity index (χ1) is 14.2. The molecule has 4 aromatic rings. The van der Waals surface area contributed by atoms with Gasteiger partial charge >= 0.3 is 0 Å². The average molecular weight is 385 g/mol. The molecule has 0 fully saturated rings.